The van der Waals surface area contributed by atoms with Crippen molar-refractivity contribution in [2.75, 3.05) is 0 Å². The first-order valence-electron chi connectivity index (χ1n) is 4.99. The van der Waals surface area contributed by atoms with Crippen molar-refractivity contribution in [3.63, 3.8) is 0 Å². The molecule has 2 heterocycles. The monoisotopic (exact) mass is 298 g/mol. The van der Waals surface area contributed by atoms with Crippen LogP contribution in [0, 0.1) is 20.2 Å². The fourth-order valence-corrected chi connectivity index (χ4v) is 1.23. The largest absolute Gasteiger partial charge is 0.362 e. The van der Waals surface area contributed by atoms with Gasteiger partial charge >= 0.3 is 11.4 Å². The standard InChI is InChI=1S/C5H3ClN2O2.C5H4N2O3/c6-4-1-2-7-3-5(4)8(9)10;8-5-1-2-6-3-4(5)7(9)10/h1-3H;1-3H,(H,6,8). The van der Waals surface area contributed by atoms with Crippen LogP contribution in [0.1, 0.15) is 0 Å². The van der Waals surface area contributed by atoms with E-state index in [1.807, 2.05) is 0 Å². The fourth-order valence-electron chi connectivity index (χ4n) is 1.05. The molecule has 0 radical (unpaired) electrons. The summed E-state index contributed by atoms with van der Waals surface area (Å²) in [6.45, 7) is 0. The number of nitrogens with one attached hydrogen (secondary N) is 1. The van der Waals surface area contributed by atoms with Gasteiger partial charge in [-0.1, -0.05) is 11.6 Å². The molecule has 10 heteroatoms. The molecule has 104 valence electrons. The molecule has 9 nitrogen and oxygen atoms in total. The average molecular weight is 299 g/mol. The Morgan fingerprint density at radius 3 is 2.20 bits per heavy atom. The van der Waals surface area contributed by atoms with E-state index in [0.717, 1.165) is 18.5 Å². The maximum atomic E-state index is 10.6. The lowest BCUT2D eigenvalue weighted by atomic mass is 10.4. The van der Waals surface area contributed by atoms with Crippen molar-refractivity contribution in [1.29, 1.82) is 0 Å². The highest BCUT2D eigenvalue weighted by Gasteiger charge is 2.09. The third-order valence-corrected chi connectivity index (χ3v) is 2.26. The zero-order valence-corrected chi connectivity index (χ0v) is 10.5. The zero-order valence-electron chi connectivity index (χ0n) is 9.72. The van der Waals surface area contributed by atoms with E-state index in [2.05, 4.69) is 9.97 Å². The highest BCUT2D eigenvalue weighted by Crippen LogP contribution is 2.20. The Labute approximate surface area is 116 Å². The first kappa shape index (κ1) is 15.2. The highest BCUT2D eigenvalue weighted by atomic mass is 35.5. The first-order valence-corrected chi connectivity index (χ1v) is 5.36. The molecule has 0 spiro atoms. The topological polar surface area (TPSA) is 132 Å². The number of rotatable bonds is 2. The summed E-state index contributed by atoms with van der Waals surface area (Å²) >= 11 is 5.44. The van der Waals surface area contributed by atoms with Crippen molar-refractivity contribution < 1.29 is 9.85 Å². The third kappa shape index (κ3) is 4.14. The van der Waals surface area contributed by atoms with Crippen LogP contribution in [0.3, 0.4) is 0 Å². The van der Waals surface area contributed by atoms with Crippen LogP contribution in [-0.4, -0.2) is 19.8 Å². The number of hydrogen-bond donors (Lipinski definition) is 1. The highest BCUT2D eigenvalue weighted by molar-refractivity contribution is 6.32. The summed E-state index contributed by atoms with van der Waals surface area (Å²) in [6, 6.07) is 2.48. The second-order valence-corrected chi connectivity index (χ2v) is 3.64. The molecule has 1 N–H and O–H groups in total. The predicted octanol–water partition coefficient (Wildman–Crippen LogP) is 1.93. The van der Waals surface area contributed by atoms with E-state index >= 15 is 0 Å². The molecule has 0 aliphatic rings. The Bertz CT molecular complexity index is 687. The van der Waals surface area contributed by atoms with Crippen LogP contribution < -0.4 is 5.43 Å². The van der Waals surface area contributed by atoms with E-state index < -0.39 is 21.0 Å². The number of halogens is 1. The number of nitrogens with zero attached hydrogens (tertiary/aromatic N) is 3. The Kier molecular flexibility index (Phi) is 5.30. The van der Waals surface area contributed by atoms with Crippen molar-refractivity contribution in [3.05, 3.63) is 72.4 Å². The smallest absolute Gasteiger partial charge is 0.332 e. The lowest BCUT2D eigenvalue weighted by molar-refractivity contribution is -0.386. The van der Waals surface area contributed by atoms with Gasteiger partial charge in [-0.2, -0.15) is 0 Å². The lowest BCUT2D eigenvalue weighted by Crippen LogP contribution is -2.05. The van der Waals surface area contributed by atoms with Gasteiger partial charge in [-0.3, -0.25) is 30.0 Å². The molecule has 0 aliphatic carbocycles. The molecule has 20 heavy (non-hydrogen) atoms. The van der Waals surface area contributed by atoms with Crippen LogP contribution in [0.4, 0.5) is 11.4 Å². The first-order chi connectivity index (χ1) is 9.43. The van der Waals surface area contributed by atoms with Gasteiger partial charge in [0.05, 0.1) is 16.0 Å². The molecular formula is C10H7ClN4O5. The van der Waals surface area contributed by atoms with Gasteiger partial charge in [-0.25, -0.2) is 0 Å². The summed E-state index contributed by atoms with van der Waals surface area (Å²) in [4.78, 5) is 35.4. The molecule has 2 aromatic rings. The Morgan fingerprint density at radius 2 is 1.80 bits per heavy atom. The molecule has 0 aliphatic heterocycles. The van der Waals surface area contributed by atoms with Crippen LogP contribution in [-0.2, 0) is 0 Å². The van der Waals surface area contributed by atoms with Gasteiger partial charge in [-0.05, 0) is 6.07 Å². The zero-order chi connectivity index (χ0) is 15.1. The molecule has 0 amide bonds. The molecule has 0 aromatic carbocycles. The maximum Gasteiger partial charge on any atom is 0.332 e. The summed E-state index contributed by atoms with van der Waals surface area (Å²) in [5.74, 6) is 0. The number of pyridine rings is 2. The van der Waals surface area contributed by atoms with E-state index in [1.54, 1.807) is 0 Å². The third-order valence-electron chi connectivity index (χ3n) is 1.95. The van der Waals surface area contributed by atoms with Gasteiger partial charge in [0.15, 0.2) is 0 Å². The Morgan fingerprint density at radius 1 is 1.15 bits per heavy atom. The van der Waals surface area contributed by atoms with Crippen molar-refractivity contribution in [2.24, 2.45) is 0 Å². The lowest BCUT2D eigenvalue weighted by Gasteiger charge is -1.90. The molecule has 2 aromatic heterocycles. The fraction of sp³-hybridized carbons (Fsp3) is 0. The van der Waals surface area contributed by atoms with Gasteiger partial charge in [0.1, 0.15) is 11.2 Å². The van der Waals surface area contributed by atoms with Gasteiger partial charge < -0.3 is 4.98 Å². The minimum Gasteiger partial charge on any atom is -0.362 e. The normalized spacial score (nSPS) is 9.25. The minimum atomic E-state index is -0.723. The van der Waals surface area contributed by atoms with Crippen molar-refractivity contribution in [1.82, 2.24) is 9.97 Å². The van der Waals surface area contributed by atoms with Gasteiger partial charge in [0, 0.05) is 18.5 Å². The van der Waals surface area contributed by atoms with Crippen LogP contribution in [0.2, 0.25) is 5.02 Å². The Hall–Kier alpha value is -2.81. The van der Waals surface area contributed by atoms with Gasteiger partial charge in [0.2, 0.25) is 0 Å². The van der Waals surface area contributed by atoms with Crippen LogP contribution >= 0.6 is 11.6 Å². The molecule has 0 saturated carbocycles. The summed E-state index contributed by atoms with van der Waals surface area (Å²) in [7, 11) is 0. The van der Waals surface area contributed by atoms with Crippen molar-refractivity contribution in [2.45, 2.75) is 0 Å². The molecule has 0 unspecified atom stereocenters. The van der Waals surface area contributed by atoms with Crippen LogP contribution in [0.25, 0.3) is 0 Å². The van der Waals surface area contributed by atoms with Crippen molar-refractivity contribution >= 4 is 23.0 Å². The van der Waals surface area contributed by atoms with E-state index in [-0.39, 0.29) is 10.7 Å². The summed E-state index contributed by atoms with van der Waals surface area (Å²) in [5.41, 5.74) is -1.17. The summed E-state index contributed by atoms with van der Waals surface area (Å²) < 4.78 is 0. The quantitative estimate of drug-likeness (QED) is 0.665. The van der Waals surface area contributed by atoms with E-state index in [0.29, 0.717) is 0 Å². The Balaban J connectivity index is 0.000000200. The minimum absolute atomic E-state index is 0.111. The molecule has 0 bridgehead atoms. The number of hydrogen-bond acceptors (Lipinski definition) is 6. The maximum absolute atomic E-state index is 10.6. The number of aromatic amines is 1. The van der Waals surface area contributed by atoms with Gasteiger partial charge in [-0.15, -0.1) is 0 Å². The molecule has 2 rings (SSSR count). The summed E-state index contributed by atoms with van der Waals surface area (Å²) in [6.07, 6.45) is 4.91. The molecular weight excluding hydrogens is 292 g/mol. The molecule has 0 fully saturated rings. The van der Waals surface area contributed by atoms with Crippen LogP contribution in [0.15, 0.2) is 41.7 Å². The number of nitro groups is 2. The second-order valence-electron chi connectivity index (χ2n) is 3.24. The van der Waals surface area contributed by atoms with Crippen molar-refractivity contribution in [3.8, 4) is 0 Å². The SMILES string of the molecule is O=[N+]([O-])c1cnccc1Cl.O=c1cc[nH]cc1[N+](=O)[O-]. The predicted molar refractivity (Wildman–Crippen MR) is 69.6 cm³/mol. The number of aromatic nitrogens is 2. The van der Waals surface area contributed by atoms with E-state index in [4.69, 9.17) is 11.6 Å². The second kappa shape index (κ2) is 6.95. The average Bonchev–Trinajstić information content (AvgIpc) is 2.40. The van der Waals surface area contributed by atoms with E-state index in [1.165, 1.54) is 18.5 Å². The van der Waals surface area contributed by atoms with Gasteiger partial charge in [0.25, 0.3) is 5.43 Å². The van der Waals surface area contributed by atoms with E-state index in [9.17, 15) is 25.0 Å². The summed E-state index contributed by atoms with van der Waals surface area (Å²) in [5, 5.41) is 20.2. The molecule has 0 atom stereocenters. The van der Waals surface area contributed by atoms with Crippen LogP contribution in [0.5, 0.6) is 0 Å². The molecule has 0 saturated heterocycles. The number of H-pyrrole nitrogens is 1.